The first-order valence-electron chi connectivity index (χ1n) is 15.5. The average molecular weight is 600 g/mol. The number of piperidine rings is 1. The van der Waals surface area contributed by atoms with Gasteiger partial charge in [-0.25, -0.2) is 0 Å². The molecule has 0 aliphatic carbocycles. The van der Waals surface area contributed by atoms with Gasteiger partial charge in [0, 0.05) is 66.0 Å². The third kappa shape index (κ3) is 10.1. The fourth-order valence-electron chi connectivity index (χ4n) is 5.54. The Hall–Kier alpha value is -2.89. The van der Waals surface area contributed by atoms with Crippen LogP contribution in [-0.2, 0) is 30.3 Å². The molecule has 3 atom stereocenters. The molecule has 10 nitrogen and oxygen atoms in total. The smallest absolute Gasteiger partial charge is 0.246 e. The van der Waals surface area contributed by atoms with E-state index in [4.69, 9.17) is 28.4 Å². The molecule has 0 radical (unpaired) electrons. The third-order valence-corrected chi connectivity index (χ3v) is 7.74. The van der Waals surface area contributed by atoms with Crippen molar-refractivity contribution in [3.8, 4) is 11.5 Å². The van der Waals surface area contributed by atoms with Crippen molar-refractivity contribution in [2.45, 2.75) is 50.9 Å². The highest BCUT2D eigenvalue weighted by Gasteiger charge is 2.36. The normalized spacial score (nSPS) is 19.9. The second-order valence-corrected chi connectivity index (χ2v) is 11.0. The van der Waals surface area contributed by atoms with E-state index in [2.05, 4.69) is 39.8 Å². The number of benzene rings is 2. The molecule has 0 saturated carbocycles. The zero-order valence-electron chi connectivity index (χ0n) is 26.0. The number of methoxy groups -OCH3 is 2. The van der Waals surface area contributed by atoms with Gasteiger partial charge < -0.3 is 44.0 Å². The fraction of sp³-hybridized carbons (Fsp3) is 0.606. The van der Waals surface area contributed by atoms with Crippen molar-refractivity contribution in [1.82, 2.24) is 10.6 Å². The summed E-state index contributed by atoms with van der Waals surface area (Å²) in [6.07, 6.45) is 2.29. The molecule has 0 aromatic heterocycles. The number of anilines is 1. The highest BCUT2D eigenvalue weighted by atomic mass is 16.5. The fourth-order valence-corrected chi connectivity index (χ4v) is 5.54. The van der Waals surface area contributed by atoms with E-state index in [-0.39, 0.29) is 30.6 Å². The number of ether oxygens (including phenoxy) is 6. The average Bonchev–Trinajstić information content (AvgIpc) is 3.04. The van der Waals surface area contributed by atoms with Crippen molar-refractivity contribution in [3.63, 3.8) is 0 Å². The second kappa shape index (κ2) is 18.0. The summed E-state index contributed by atoms with van der Waals surface area (Å²) in [5.74, 6) is 1.56. The molecule has 2 heterocycles. The van der Waals surface area contributed by atoms with Gasteiger partial charge in [-0.2, -0.15) is 0 Å². The molecule has 1 fully saturated rings. The SMILES string of the molecule is CCCNC(=O)COC1CNC[C@H](OCc2ccc3c(c2)N(CCCOC)CCO3)C1c1ccc(OCCCOC)cc1. The van der Waals surface area contributed by atoms with Crippen LogP contribution >= 0.6 is 0 Å². The van der Waals surface area contributed by atoms with E-state index in [9.17, 15) is 4.79 Å². The van der Waals surface area contributed by atoms with Gasteiger partial charge in [-0.1, -0.05) is 25.1 Å². The number of carbonyl (C=O) groups is 1. The summed E-state index contributed by atoms with van der Waals surface area (Å²) >= 11 is 0. The van der Waals surface area contributed by atoms with Crippen LogP contribution in [0, 0.1) is 0 Å². The van der Waals surface area contributed by atoms with Gasteiger partial charge in [0.15, 0.2) is 0 Å². The van der Waals surface area contributed by atoms with Crippen molar-refractivity contribution in [2.24, 2.45) is 0 Å². The van der Waals surface area contributed by atoms with Gasteiger partial charge in [0.2, 0.25) is 5.91 Å². The van der Waals surface area contributed by atoms with E-state index in [0.717, 1.165) is 67.3 Å². The Kier molecular flexibility index (Phi) is 13.9. The van der Waals surface area contributed by atoms with Gasteiger partial charge in [0.1, 0.15) is 24.7 Å². The molecule has 0 bridgehead atoms. The van der Waals surface area contributed by atoms with Crippen molar-refractivity contribution in [2.75, 3.05) is 84.9 Å². The molecule has 4 rings (SSSR count). The van der Waals surface area contributed by atoms with Crippen molar-refractivity contribution >= 4 is 11.6 Å². The molecular formula is C33H49N3O7. The number of hydrogen-bond acceptors (Lipinski definition) is 9. The molecule has 1 saturated heterocycles. The Bertz CT molecular complexity index is 1100. The molecule has 2 aromatic carbocycles. The van der Waals surface area contributed by atoms with Gasteiger partial charge in [-0.3, -0.25) is 4.79 Å². The monoisotopic (exact) mass is 599 g/mol. The Morgan fingerprint density at radius 2 is 1.77 bits per heavy atom. The van der Waals surface area contributed by atoms with Crippen LogP contribution in [0.4, 0.5) is 5.69 Å². The lowest BCUT2D eigenvalue weighted by atomic mass is 9.85. The van der Waals surface area contributed by atoms with Crippen LogP contribution < -0.4 is 25.0 Å². The van der Waals surface area contributed by atoms with E-state index in [1.807, 2.05) is 25.1 Å². The summed E-state index contributed by atoms with van der Waals surface area (Å²) in [4.78, 5) is 14.7. The van der Waals surface area contributed by atoms with Crippen molar-refractivity contribution in [3.05, 3.63) is 53.6 Å². The Balaban J connectivity index is 1.46. The molecule has 2 aliphatic rings. The standard InChI is InChI=1S/C33H49N3O7/c1-4-13-35-32(37)24-43-31-22-34-21-30(33(31)26-8-10-27(11-9-26)40-18-6-17-39-3)42-23-25-7-12-29-28(20-25)36(15-19-41-29)14-5-16-38-2/h7-12,20,30-31,33-34H,4-6,13-19,21-24H2,1-3H3,(H,35,37)/t30-,31?,33?/m0/s1. The third-order valence-electron chi connectivity index (χ3n) is 7.74. The van der Waals surface area contributed by atoms with Gasteiger partial charge in [-0.15, -0.1) is 0 Å². The van der Waals surface area contributed by atoms with Gasteiger partial charge >= 0.3 is 0 Å². The Morgan fingerprint density at radius 1 is 1.00 bits per heavy atom. The summed E-state index contributed by atoms with van der Waals surface area (Å²) in [6.45, 7) is 8.90. The van der Waals surface area contributed by atoms with E-state index >= 15 is 0 Å². The number of nitrogens with zero attached hydrogens (tertiary/aromatic N) is 1. The molecule has 2 aliphatic heterocycles. The summed E-state index contributed by atoms with van der Waals surface area (Å²) < 4.78 is 35.0. The maximum absolute atomic E-state index is 12.4. The van der Waals surface area contributed by atoms with Gasteiger partial charge in [-0.05, 0) is 48.2 Å². The summed E-state index contributed by atoms with van der Waals surface area (Å²) in [5.41, 5.74) is 3.28. The highest BCUT2D eigenvalue weighted by Crippen LogP contribution is 2.35. The zero-order chi connectivity index (χ0) is 30.3. The van der Waals surface area contributed by atoms with E-state index in [1.54, 1.807) is 14.2 Å². The summed E-state index contributed by atoms with van der Waals surface area (Å²) in [5, 5.41) is 6.37. The van der Waals surface area contributed by atoms with Crippen molar-refractivity contribution < 1.29 is 33.2 Å². The van der Waals surface area contributed by atoms with E-state index < -0.39 is 0 Å². The number of hydrogen-bond donors (Lipinski definition) is 2. The molecule has 1 amide bonds. The molecular weight excluding hydrogens is 550 g/mol. The predicted molar refractivity (Wildman–Crippen MR) is 166 cm³/mol. The minimum Gasteiger partial charge on any atom is -0.494 e. The Labute approximate surface area is 256 Å². The van der Waals surface area contributed by atoms with Gasteiger partial charge in [0.25, 0.3) is 0 Å². The molecule has 43 heavy (non-hydrogen) atoms. The minimum atomic E-state index is -0.229. The molecule has 10 heteroatoms. The van der Waals surface area contributed by atoms with E-state index in [1.165, 1.54) is 0 Å². The largest absolute Gasteiger partial charge is 0.494 e. The molecule has 2 unspecified atom stereocenters. The van der Waals surface area contributed by atoms with Crippen LogP contribution in [0.15, 0.2) is 42.5 Å². The zero-order valence-corrected chi connectivity index (χ0v) is 26.0. The van der Waals surface area contributed by atoms with Crippen LogP contribution in [0.2, 0.25) is 0 Å². The maximum atomic E-state index is 12.4. The Morgan fingerprint density at radius 3 is 2.53 bits per heavy atom. The minimum absolute atomic E-state index is 0.0139. The van der Waals surface area contributed by atoms with Crippen LogP contribution in [0.3, 0.4) is 0 Å². The summed E-state index contributed by atoms with van der Waals surface area (Å²) in [6, 6.07) is 14.4. The first kappa shape index (κ1) is 33.0. The van der Waals surface area contributed by atoms with Crippen LogP contribution in [-0.4, -0.2) is 98.1 Å². The highest BCUT2D eigenvalue weighted by molar-refractivity contribution is 5.77. The van der Waals surface area contributed by atoms with Crippen LogP contribution in [0.25, 0.3) is 0 Å². The number of fused-ring (bicyclic) bond motifs is 1. The van der Waals surface area contributed by atoms with Gasteiger partial charge in [0.05, 0.1) is 37.7 Å². The quantitative estimate of drug-likeness (QED) is 0.249. The van der Waals surface area contributed by atoms with Crippen LogP contribution in [0.5, 0.6) is 11.5 Å². The second-order valence-electron chi connectivity index (χ2n) is 11.0. The lowest BCUT2D eigenvalue weighted by molar-refractivity contribution is -0.130. The molecule has 2 N–H and O–H groups in total. The number of amides is 1. The topological polar surface area (TPSA) is 99.8 Å². The lowest BCUT2D eigenvalue weighted by Crippen LogP contribution is -2.51. The first-order chi connectivity index (χ1) is 21.1. The number of nitrogens with one attached hydrogen (secondary N) is 2. The van der Waals surface area contributed by atoms with E-state index in [0.29, 0.717) is 46.1 Å². The summed E-state index contributed by atoms with van der Waals surface area (Å²) in [7, 11) is 3.43. The molecule has 238 valence electrons. The van der Waals surface area contributed by atoms with Crippen LogP contribution in [0.1, 0.15) is 43.2 Å². The maximum Gasteiger partial charge on any atom is 0.246 e. The number of rotatable bonds is 18. The molecule has 0 spiro atoms. The number of carbonyl (C=O) groups excluding carboxylic acids is 1. The van der Waals surface area contributed by atoms with Crippen molar-refractivity contribution in [1.29, 1.82) is 0 Å². The predicted octanol–water partition coefficient (Wildman–Crippen LogP) is 3.52. The lowest BCUT2D eigenvalue weighted by Gasteiger charge is -2.39. The first-order valence-corrected chi connectivity index (χ1v) is 15.5. The molecule has 2 aromatic rings.